The fraction of sp³-hybridized carbons (Fsp3) is 0.286. The summed E-state index contributed by atoms with van der Waals surface area (Å²) < 4.78 is 15.3. The third-order valence-corrected chi connectivity index (χ3v) is 4.14. The monoisotopic (exact) mass is 327 g/mol. The third kappa shape index (κ3) is 2.40. The van der Waals surface area contributed by atoms with Gasteiger partial charge in [0.15, 0.2) is 5.82 Å². The molecule has 21 heavy (non-hydrogen) atoms. The van der Waals surface area contributed by atoms with Gasteiger partial charge >= 0.3 is 0 Å². The topological polar surface area (TPSA) is 60.9 Å². The van der Waals surface area contributed by atoms with Crippen LogP contribution in [0.15, 0.2) is 12.1 Å². The van der Waals surface area contributed by atoms with Crippen LogP contribution in [0.3, 0.4) is 0 Å². The second-order valence-corrected chi connectivity index (χ2v) is 5.78. The highest BCUT2D eigenvalue weighted by Crippen LogP contribution is 2.34. The first kappa shape index (κ1) is 14.4. The quantitative estimate of drug-likeness (QED) is 0.859. The lowest BCUT2D eigenvalue weighted by Crippen LogP contribution is -2.17. The van der Waals surface area contributed by atoms with Crippen molar-refractivity contribution in [1.82, 2.24) is 9.78 Å². The van der Waals surface area contributed by atoms with Gasteiger partial charge in [0.25, 0.3) is 5.91 Å². The van der Waals surface area contributed by atoms with E-state index < -0.39 is 11.7 Å². The second-order valence-electron chi connectivity index (χ2n) is 4.97. The van der Waals surface area contributed by atoms with Gasteiger partial charge in [-0.1, -0.05) is 23.2 Å². The average molecular weight is 328 g/mol. The lowest BCUT2D eigenvalue weighted by atomic mass is 10.0. The Morgan fingerprint density at radius 1 is 1.29 bits per heavy atom. The molecule has 1 aromatic carbocycles. The molecule has 0 radical (unpaired) electrons. The van der Waals surface area contributed by atoms with Crippen molar-refractivity contribution in [3.05, 3.63) is 39.3 Å². The van der Waals surface area contributed by atoms with Gasteiger partial charge in [-0.2, -0.15) is 5.10 Å². The molecule has 1 aliphatic rings. The van der Waals surface area contributed by atoms with Crippen molar-refractivity contribution < 1.29 is 9.18 Å². The number of primary amides is 1. The van der Waals surface area contributed by atoms with Gasteiger partial charge in [-0.15, -0.1) is 0 Å². The number of carbonyl (C=O) groups is 1. The molecular weight excluding hydrogens is 316 g/mol. The number of fused-ring (bicyclic) bond motifs is 1. The Labute approximate surface area is 130 Å². The van der Waals surface area contributed by atoms with Gasteiger partial charge in [0.2, 0.25) is 0 Å². The fourth-order valence-electron chi connectivity index (χ4n) is 2.64. The molecule has 0 atom stereocenters. The van der Waals surface area contributed by atoms with Gasteiger partial charge in [0, 0.05) is 12.1 Å². The van der Waals surface area contributed by atoms with E-state index >= 15 is 0 Å². The Hall–Kier alpha value is -1.59. The maximum absolute atomic E-state index is 13.5. The Morgan fingerprint density at radius 3 is 2.57 bits per heavy atom. The molecule has 0 saturated heterocycles. The van der Waals surface area contributed by atoms with Crippen LogP contribution < -0.4 is 5.73 Å². The van der Waals surface area contributed by atoms with Crippen LogP contribution in [0.1, 0.15) is 28.9 Å². The summed E-state index contributed by atoms with van der Waals surface area (Å²) in [6.07, 6.45) is 2.72. The van der Waals surface area contributed by atoms with Crippen molar-refractivity contribution in [2.24, 2.45) is 5.73 Å². The SMILES string of the molecule is NC(=O)c1c(-c2cc(Cl)c(F)c(Cl)c2)nn2c1CCCC2. The van der Waals surface area contributed by atoms with Crippen LogP contribution in [0.5, 0.6) is 0 Å². The molecule has 1 aliphatic heterocycles. The lowest BCUT2D eigenvalue weighted by Gasteiger charge is -2.13. The molecule has 4 nitrogen and oxygen atoms in total. The van der Waals surface area contributed by atoms with Crippen molar-refractivity contribution >= 4 is 29.1 Å². The minimum atomic E-state index is -0.688. The van der Waals surface area contributed by atoms with Crippen molar-refractivity contribution in [1.29, 1.82) is 0 Å². The lowest BCUT2D eigenvalue weighted by molar-refractivity contribution is 0.0999. The third-order valence-electron chi connectivity index (χ3n) is 3.59. The molecule has 2 N–H and O–H groups in total. The van der Waals surface area contributed by atoms with Gasteiger partial charge < -0.3 is 5.73 Å². The number of carbonyl (C=O) groups excluding carboxylic acids is 1. The zero-order valence-corrected chi connectivity index (χ0v) is 12.5. The molecule has 0 aliphatic carbocycles. The number of halogens is 3. The summed E-state index contributed by atoms with van der Waals surface area (Å²) in [7, 11) is 0. The van der Waals surface area contributed by atoms with E-state index in [0.29, 0.717) is 16.8 Å². The van der Waals surface area contributed by atoms with Gasteiger partial charge in [-0.25, -0.2) is 4.39 Å². The zero-order valence-electron chi connectivity index (χ0n) is 11.0. The van der Waals surface area contributed by atoms with E-state index in [1.807, 2.05) is 0 Å². The van der Waals surface area contributed by atoms with Crippen LogP contribution in [0.25, 0.3) is 11.3 Å². The number of hydrogen-bond acceptors (Lipinski definition) is 2. The molecular formula is C14H12Cl2FN3O. The van der Waals surface area contributed by atoms with Gasteiger partial charge in [0.05, 0.1) is 21.3 Å². The number of aryl methyl sites for hydroxylation is 1. The van der Waals surface area contributed by atoms with Crippen LogP contribution in [-0.4, -0.2) is 15.7 Å². The van der Waals surface area contributed by atoms with Crippen LogP contribution in [0.4, 0.5) is 4.39 Å². The Balaban J connectivity index is 2.23. The number of nitrogens with two attached hydrogens (primary N) is 1. The summed E-state index contributed by atoms with van der Waals surface area (Å²) in [6.45, 7) is 0.734. The molecule has 3 rings (SSSR count). The number of benzene rings is 1. The maximum Gasteiger partial charge on any atom is 0.252 e. The Morgan fingerprint density at radius 2 is 1.95 bits per heavy atom. The molecule has 2 heterocycles. The summed E-state index contributed by atoms with van der Waals surface area (Å²) in [5, 5.41) is 4.21. The first-order valence-corrected chi connectivity index (χ1v) is 7.29. The number of amides is 1. The summed E-state index contributed by atoms with van der Waals surface area (Å²) in [5.41, 5.74) is 7.58. The van der Waals surface area contributed by atoms with E-state index in [4.69, 9.17) is 28.9 Å². The number of hydrogen-bond donors (Lipinski definition) is 1. The van der Waals surface area contributed by atoms with Crippen LogP contribution >= 0.6 is 23.2 Å². The van der Waals surface area contributed by atoms with Gasteiger partial charge in [-0.3, -0.25) is 9.48 Å². The second kappa shape index (κ2) is 5.31. The molecule has 1 amide bonds. The van der Waals surface area contributed by atoms with E-state index in [-0.39, 0.29) is 10.0 Å². The Kier molecular flexibility index (Phi) is 3.63. The first-order chi connectivity index (χ1) is 9.99. The van der Waals surface area contributed by atoms with E-state index in [0.717, 1.165) is 31.5 Å². The molecule has 110 valence electrons. The highest BCUT2D eigenvalue weighted by Gasteiger charge is 2.25. The van der Waals surface area contributed by atoms with Crippen LogP contribution in [0.2, 0.25) is 10.0 Å². The minimum Gasteiger partial charge on any atom is -0.365 e. The zero-order chi connectivity index (χ0) is 15.1. The standard InChI is InChI=1S/C14H12Cl2FN3O/c15-8-5-7(6-9(16)12(8)17)13-11(14(18)21)10-3-1-2-4-20(10)19-13/h5-6H,1-4H2,(H2,18,21). The predicted molar refractivity (Wildman–Crippen MR) is 79.1 cm³/mol. The van der Waals surface area contributed by atoms with Crippen LogP contribution in [-0.2, 0) is 13.0 Å². The van der Waals surface area contributed by atoms with Crippen molar-refractivity contribution in [2.45, 2.75) is 25.8 Å². The predicted octanol–water partition coefficient (Wildman–Crippen LogP) is 3.43. The molecule has 0 saturated carbocycles. The van der Waals surface area contributed by atoms with E-state index in [2.05, 4.69) is 5.10 Å². The molecule has 7 heteroatoms. The molecule has 0 fully saturated rings. The molecule has 2 aromatic rings. The number of rotatable bonds is 2. The smallest absolute Gasteiger partial charge is 0.252 e. The number of nitrogens with zero attached hydrogens (tertiary/aromatic N) is 2. The Bertz CT molecular complexity index is 719. The summed E-state index contributed by atoms with van der Waals surface area (Å²) in [4.78, 5) is 11.8. The van der Waals surface area contributed by atoms with Gasteiger partial charge in [0.1, 0.15) is 5.69 Å². The molecule has 0 bridgehead atoms. The highest BCUT2D eigenvalue weighted by atomic mass is 35.5. The first-order valence-electron chi connectivity index (χ1n) is 6.53. The normalized spacial score (nSPS) is 14.0. The summed E-state index contributed by atoms with van der Waals surface area (Å²) in [5.74, 6) is -1.24. The highest BCUT2D eigenvalue weighted by molar-refractivity contribution is 6.35. The largest absolute Gasteiger partial charge is 0.365 e. The maximum atomic E-state index is 13.5. The molecule has 0 spiro atoms. The fourth-order valence-corrected chi connectivity index (χ4v) is 3.13. The van der Waals surface area contributed by atoms with E-state index in [1.54, 1.807) is 4.68 Å². The molecule has 1 aromatic heterocycles. The van der Waals surface area contributed by atoms with Crippen molar-refractivity contribution in [2.75, 3.05) is 0 Å². The van der Waals surface area contributed by atoms with E-state index in [9.17, 15) is 9.18 Å². The average Bonchev–Trinajstić information content (AvgIpc) is 2.83. The van der Waals surface area contributed by atoms with Gasteiger partial charge in [-0.05, 0) is 31.4 Å². The summed E-state index contributed by atoms with van der Waals surface area (Å²) >= 11 is 11.6. The minimum absolute atomic E-state index is 0.112. The summed E-state index contributed by atoms with van der Waals surface area (Å²) in [6, 6.07) is 2.81. The molecule has 0 unspecified atom stereocenters. The van der Waals surface area contributed by atoms with E-state index in [1.165, 1.54) is 12.1 Å². The van der Waals surface area contributed by atoms with Crippen molar-refractivity contribution in [3.63, 3.8) is 0 Å². The van der Waals surface area contributed by atoms with Crippen LogP contribution in [0, 0.1) is 5.82 Å². The van der Waals surface area contributed by atoms with Crippen molar-refractivity contribution in [3.8, 4) is 11.3 Å². The number of aromatic nitrogens is 2.